The smallest absolute Gasteiger partial charge is 0.270 e. The van der Waals surface area contributed by atoms with Crippen LogP contribution in [0.1, 0.15) is 5.56 Å². The number of pyridine rings is 1. The highest BCUT2D eigenvalue weighted by atomic mass is 32.1. The summed E-state index contributed by atoms with van der Waals surface area (Å²) in [5.74, 6) is -0.285. The van der Waals surface area contributed by atoms with Crippen LogP contribution in [-0.2, 0) is 9.59 Å². The van der Waals surface area contributed by atoms with E-state index in [0.29, 0.717) is 28.3 Å². The van der Waals surface area contributed by atoms with E-state index in [2.05, 4.69) is 10.3 Å². The van der Waals surface area contributed by atoms with Gasteiger partial charge in [0, 0.05) is 18.0 Å². The normalized spacial score (nSPS) is 14.6. The van der Waals surface area contributed by atoms with Gasteiger partial charge in [-0.3, -0.25) is 24.8 Å². The van der Waals surface area contributed by atoms with Gasteiger partial charge in [0.1, 0.15) is 22.9 Å². The predicted molar refractivity (Wildman–Crippen MR) is 139 cm³/mol. The first-order valence-electron chi connectivity index (χ1n) is 10.9. The van der Waals surface area contributed by atoms with Crippen molar-refractivity contribution in [2.75, 3.05) is 4.90 Å². The fourth-order valence-corrected chi connectivity index (χ4v) is 4.03. The number of rotatable bonds is 5. The second-order valence-electron chi connectivity index (χ2n) is 7.84. The number of halogens is 1. The third-order valence-corrected chi connectivity index (χ3v) is 5.77. The molecule has 0 saturated carbocycles. The molecule has 0 spiro atoms. The molecule has 1 aliphatic rings. The monoisotopic (exact) mass is 495 g/mol. The molecule has 176 valence electrons. The van der Waals surface area contributed by atoms with Crippen molar-refractivity contribution < 1.29 is 18.7 Å². The third-order valence-electron chi connectivity index (χ3n) is 5.48. The first kappa shape index (κ1) is 23.1. The molecule has 2 amide bonds. The van der Waals surface area contributed by atoms with Gasteiger partial charge in [-0.05, 0) is 84.0 Å². The Balaban J connectivity index is 1.45. The zero-order valence-corrected chi connectivity index (χ0v) is 19.5. The molecule has 1 aromatic heterocycles. The lowest BCUT2D eigenvalue weighted by Gasteiger charge is -2.29. The summed E-state index contributed by atoms with van der Waals surface area (Å²) >= 11 is 5.30. The molecule has 4 aromatic rings. The van der Waals surface area contributed by atoms with E-state index in [1.807, 2.05) is 30.3 Å². The molecular formula is C28H18FN3O3S. The van der Waals surface area contributed by atoms with Gasteiger partial charge in [0.15, 0.2) is 5.11 Å². The number of anilines is 1. The summed E-state index contributed by atoms with van der Waals surface area (Å²) in [5.41, 5.74) is 2.31. The predicted octanol–water partition coefficient (Wildman–Crippen LogP) is 5.51. The Kier molecular flexibility index (Phi) is 6.34. The maximum absolute atomic E-state index is 13.4. The maximum Gasteiger partial charge on any atom is 0.270 e. The van der Waals surface area contributed by atoms with Crippen molar-refractivity contribution in [3.8, 4) is 22.6 Å². The van der Waals surface area contributed by atoms with Crippen LogP contribution in [0.4, 0.5) is 10.1 Å². The molecule has 1 aliphatic heterocycles. The first-order chi connectivity index (χ1) is 17.5. The fraction of sp³-hybridized carbons (Fsp3) is 0. The molecular weight excluding hydrogens is 477 g/mol. The van der Waals surface area contributed by atoms with Crippen LogP contribution in [0.15, 0.2) is 103 Å². The lowest BCUT2D eigenvalue weighted by atomic mass is 9.99. The van der Waals surface area contributed by atoms with Crippen molar-refractivity contribution in [3.63, 3.8) is 0 Å². The molecule has 6 nitrogen and oxygen atoms in total. The summed E-state index contributed by atoms with van der Waals surface area (Å²) in [7, 11) is 0. The van der Waals surface area contributed by atoms with Gasteiger partial charge in [-0.25, -0.2) is 4.39 Å². The second kappa shape index (κ2) is 9.89. The van der Waals surface area contributed by atoms with E-state index in [1.54, 1.807) is 54.9 Å². The van der Waals surface area contributed by atoms with Gasteiger partial charge in [0.05, 0.1) is 5.69 Å². The molecule has 1 fully saturated rings. The van der Waals surface area contributed by atoms with E-state index in [0.717, 1.165) is 5.56 Å². The van der Waals surface area contributed by atoms with Crippen LogP contribution < -0.4 is 15.0 Å². The summed E-state index contributed by atoms with van der Waals surface area (Å²) in [4.78, 5) is 31.5. The molecule has 0 radical (unpaired) electrons. The highest BCUT2D eigenvalue weighted by molar-refractivity contribution is 7.80. The molecule has 2 heterocycles. The minimum absolute atomic E-state index is 0.0242. The molecule has 0 unspecified atom stereocenters. The van der Waals surface area contributed by atoms with Crippen molar-refractivity contribution in [1.29, 1.82) is 0 Å². The van der Waals surface area contributed by atoms with E-state index in [1.165, 1.54) is 23.1 Å². The summed E-state index contributed by atoms with van der Waals surface area (Å²) in [6.07, 6.45) is 4.59. The van der Waals surface area contributed by atoms with E-state index in [-0.39, 0.29) is 16.5 Å². The number of ether oxygens (including phenoxy) is 1. The number of carbonyl (C=O) groups excluding carboxylic acids is 2. The summed E-state index contributed by atoms with van der Waals surface area (Å²) in [6, 6.07) is 23.8. The summed E-state index contributed by atoms with van der Waals surface area (Å²) in [6.45, 7) is 0. The van der Waals surface area contributed by atoms with Crippen LogP contribution in [0.2, 0.25) is 0 Å². The molecule has 3 aromatic carbocycles. The van der Waals surface area contributed by atoms with Gasteiger partial charge in [0.2, 0.25) is 0 Å². The molecule has 0 aliphatic carbocycles. The Bertz CT molecular complexity index is 1490. The van der Waals surface area contributed by atoms with Crippen LogP contribution in [0.3, 0.4) is 0 Å². The quantitative estimate of drug-likeness (QED) is 0.225. The average Bonchev–Trinajstić information content (AvgIpc) is 2.89. The Morgan fingerprint density at radius 3 is 2.31 bits per heavy atom. The molecule has 36 heavy (non-hydrogen) atoms. The highest BCUT2D eigenvalue weighted by Gasteiger charge is 2.34. The number of nitrogens with zero attached hydrogens (tertiary/aromatic N) is 2. The van der Waals surface area contributed by atoms with Gasteiger partial charge in [-0.2, -0.15) is 0 Å². The van der Waals surface area contributed by atoms with Gasteiger partial charge >= 0.3 is 0 Å². The van der Waals surface area contributed by atoms with Gasteiger partial charge in [-0.15, -0.1) is 0 Å². The number of benzene rings is 3. The lowest BCUT2D eigenvalue weighted by Crippen LogP contribution is -2.54. The average molecular weight is 496 g/mol. The number of nitrogens with one attached hydrogen (secondary N) is 1. The van der Waals surface area contributed by atoms with E-state index in [9.17, 15) is 14.0 Å². The minimum atomic E-state index is -0.612. The van der Waals surface area contributed by atoms with Crippen LogP contribution in [-0.4, -0.2) is 21.9 Å². The van der Waals surface area contributed by atoms with Gasteiger partial charge < -0.3 is 4.74 Å². The Hall–Kier alpha value is -4.69. The van der Waals surface area contributed by atoms with E-state index >= 15 is 0 Å². The number of hydrogen-bond donors (Lipinski definition) is 1. The molecule has 0 atom stereocenters. The number of aromatic nitrogens is 1. The van der Waals surface area contributed by atoms with Crippen molar-refractivity contribution in [2.24, 2.45) is 0 Å². The van der Waals surface area contributed by atoms with E-state index in [4.69, 9.17) is 17.0 Å². The second-order valence-corrected chi connectivity index (χ2v) is 8.22. The maximum atomic E-state index is 13.4. The summed E-state index contributed by atoms with van der Waals surface area (Å²) in [5, 5.41) is 2.55. The SMILES string of the molecule is O=C1NC(=S)N(c2ccc(Oc3ccccc3)cc2)C(=O)C1=Cc1cnccc1-c1ccc(F)cc1. The summed E-state index contributed by atoms with van der Waals surface area (Å²) < 4.78 is 19.2. The largest absolute Gasteiger partial charge is 0.457 e. The van der Waals surface area contributed by atoms with Crippen LogP contribution in [0.5, 0.6) is 11.5 Å². The Morgan fingerprint density at radius 1 is 0.889 bits per heavy atom. The molecule has 5 rings (SSSR count). The zero-order chi connectivity index (χ0) is 25.1. The molecule has 1 N–H and O–H groups in total. The fourth-order valence-electron chi connectivity index (χ4n) is 3.75. The van der Waals surface area contributed by atoms with Crippen molar-refractivity contribution in [3.05, 3.63) is 114 Å². The molecule has 1 saturated heterocycles. The lowest BCUT2D eigenvalue weighted by molar-refractivity contribution is -0.122. The van der Waals surface area contributed by atoms with Crippen molar-refractivity contribution in [2.45, 2.75) is 0 Å². The number of hydrogen-bond acceptors (Lipinski definition) is 5. The van der Waals surface area contributed by atoms with Crippen molar-refractivity contribution in [1.82, 2.24) is 10.3 Å². The van der Waals surface area contributed by atoms with Gasteiger partial charge in [0.25, 0.3) is 11.8 Å². The zero-order valence-electron chi connectivity index (χ0n) is 18.7. The molecule has 8 heteroatoms. The third kappa shape index (κ3) is 4.75. The number of para-hydroxylation sites is 1. The van der Waals surface area contributed by atoms with Gasteiger partial charge in [-0.1, -0.05) is 30.3 Å². The van der Waals surface area contributed by atoms with Crippen LogP contribution >= 0.6 is 12.2 Å². The van der Waals surface area contributed by atoms with E-state index < -0.39 is 11.8 Å². The van der Waals surface area contributed by atoms with Crippen LogP contribution in [0.25, 0.3) is 17.2 Å². The first-order valence-corrected chi connectivity index (χ1v) is 11.3. The standard InChI is InChI=1S/C28H18FN3O3S/c29-20-8-6-18(7-9-20)24-14-15-30-17-19(24)16-25-26(33)31-28(36)32(27(25)34)21-10-12-23(13-11-21)35-22-4-2-1-3-5-22/h1-17H,(H,31,33,36). The van der Waals surface area contributed by atoms with Crippen LogP contribution in [0, 0.1) is 5.82 Å². The Morgan fingerprint density at radius 2 is 1.58 bits per heavy atom. The molecule has 0 bridgehead atoms. The number of thiocarbonyl (C=S) groups is 1. The topological polar surface area (TPSA) is 71.5 Å². The number of carbonyl (C=O) groups is 2. The number of amides is 2. The van der Waals surface area contributed by atoms with Crippen molar-refractivity contribution >= 4 is 40.9 Å². The highest BCUT2D eigenvalue weighted by Crippen LogP contribution is 2.29. The Labute approximate surface area is 211 Å². The minimum Gasteiger partial charge on any atom is -0.457 e.